The maximum absolute atomic E-state index is 9.44. The first-order valence-corrected chi connectivity index (χ1v) is 10.9. The number of nitrogens with zero attached hydrogens (tertiary/aromatic N) is 5. The molecule has 0 saturated carbocycles. The highest BCUT2D eigenvalue weighted by Gasteiger charge is 2.39. The van der Waals surface area contributed by atoms with E-state index in [0.717, 1.165) is 35.0 Å². The quantitative estimate of drug-likeness (QED) is 0.660. The maximum atomic E-state index is 9.44. The van der Waals surface area contributed by atoms with E-state index in [0.29, 0.717) is 23.2 Å². The van der Waals surface area contributed by atoms with Gasteiger partial charge in [-0.25, -0.2) is 4.98 Å². The SMILES string of the molecule is COc1cc2ccnc(C#N)c2cc1-c1ccc(N(C)C2CC(C)(C)NC(C)(C)C2)nn1. The van der Waals surface area contributed by atoms with Crippen LogP contribution in [-0.4, -0.2) is 46.5 Å². The number of rotatable bonds is 4. The number of methoxy groups -OCH3 is 1. The van der Waals surface area contributed by atoms with Crippen molar-refractivity contribution in [1.82, 2.24) is 20.5 Å². The standard InChI is InChI=1S/C25H30N6O/c1-24(2)13-17(14-25(3,4)30-24)31(5)23-8-7-20(28-29-23)19-12-18-16(11-22(19)32-6)9-10-27-21(18)15-26/h7-12,17,30H,13-14H2,1-6H3. The van der Waals surface area contributed by atoms with Crippen LogP contribution in [0.2, 0.25) is 0 Å². The lowest BCUT2D eigenvalue weighted by atomic mass is 9.79. The third kappa shape index (κ3) is 4.23. The molecule has 7 heteroatoms. The summed E-state index contributed by atoms with van der Waals surface area (Å²) in [5.41, 5.74) is 1.97. The van der Waals surface area contributed by atoms with E-state index >= 15 is 0 Å². The lowest BCUT2D eigenvalue weighted by Crippen LogP contribution is -2.62. The first-order valence-electron chi connectivity index (χ1n) is 10.9. The Labute approximate surface area is 189 Å². The summed E-state index contributed by atoms with van der Waals surface area (Å²) in [7, 11) is 3.72. The summed E-state index contributed by atoms with van der Waals surface area (Å²) in [6, 6.07) is 12.2. The van der Waals surface area contributed by atoms with Gasteiger partial charge >= 0.3 is 0 Å². The first kappa shape index (κ1) is 22.0. The highest BCUT2D eigenvalue weighted by atomic mass is 16.5. The fourth-order valence-corrected chi connectivity index (χ4v) is 5.04. The zero-order valence-corrected chi connectivity index (χ0v) is 19.6. The molecule has 4 rings (SSSR count). The number of nitrogens with one attached hydrogen (secondary N) is 1. The minimum Gasteiger partial charge on any atom is -0.496 e. The van der Waals surface area contributed by atoms with Crippen molar-refractivity contribution in [2.75, 3.05) is 19.1 Å². The van der Waals surface area contributed by atoms with Crippen molar-refractivity contribution >= 4 is 16.6 Å². The predicted molar refractivity (Wildman–Crippen MR) is 127 cm³/mol. The van der Waals surface area contributed by atoms with E-state index in [1.807, 2.05) is 30.3 Å². The molecule has 0 atom stereocenters. The average Bonchev–Trinajstić information content (AvgIpc) is 2.75. The molecule has 1 aliphatic heterocycles. The van der Waals surface area contributed by atoms with Gasteiger partial charge in [0.25, 0.3) is 0 Å². The molecule has 166 valence electrons. The number of nitriles is 1. The van der Waals surface area contributed by atoms with E-state index < -0.39 is 0 Å². The Morgan fingerprint density at radius 1 is 1.09 bits per heavy atom. The second-order valence-electron chi connectivity index (χ2n) is 9.89. The number of fused-ring (bicyclic) bond motifs is 1. The van der Waals surface area contributed by atoms with Crippen LogP contribution in [0.25, 0.3) is 22.0 Å². The molecular weight excluding hydrogens is 400 g/mol. The van der Waals surface area contributed by atoms with Crippen LogP contribution in [-0.2, 0) is 0 Å². The Morgan fingerprint density at radius 2 is 1.81 bits per heavy atom. The van der Waals surface area contributed by atoms with Gasteiger partial charge in [0, 0.05) is 41.3 Å². The first-order chi connectivity index (χ1) is 15.1. The number of hydrogen-bond donors (Lipinski definition) is 1. The summed E-state index contributed by atoms with van der Waals surface area (Å²) >= 11 is 0. The van der Waals surface area contributed by atoms with Crippen molar-refractivity contribution in [1.29, 1.82) is 5.26 Å². The molecule has 0 unspecified atom stereocenters. The lowest BCUT2D eigenvalue weighted by Gasteiger charge is -2.49. The van der Waals surface area contributed by atoms with Crippen molar-refractivity contribution in [2.45, 2.75) is 57.7 Å². The highest BCUT2D eigenvalue weighted by Crippen LogP contribution is 2.35. The van der Waals surface area contributed by atoms with E-state index in [1.54, 1.807) is 13.3 Å². The summed E-state index contributed by atoms with van der Waals surface area (Å²) in [6.45, 7) is 9.00. The molecular formula is C25H30N6O. The number of aromatic nitrogens is 3. The third-order valence-corrected chi connectivity index (χ3v) is 6.19. The van der Waals surface area contributed by atoms with Crippen LogP contribution >= 0.6 is 0 Å². The Balaban J connectivity index is 1.67. The molecule has 0 aliphatic carbocycles. The molecule has 1 fully saturated rings. The number of hydrogen-bond acceptors (Lipinski definition) is 7. The minimum atomic E-state index is 0.0546. The summed E-state index contributed by atoms with van der Waals surface area (Å²) in [6.07, 6.45) is 3.69. The molecule has 3 heterocycles. The Morgan fingerprint density at radius 3 is 2.41 bits per heavy atom. The number of piperidine rings is 1. The van der Waals surface area contributed by atoms with E-state index in [4.69, 9.17) is 4.74 Å². The molecule has 0 amide bonds. The van der Waals surface area contributed by atoms with Crippen LogP contribution in [0.3, 0.4) is 0 Å². The van der Waals surface area contributed by atoms with E-state index in [1.165, 1.54) is 0 Å². The number of ether oxygens (including phenoxy) is 1. The predicted octanol–water partition coefficient (Wildman–Crippen LogP) is 4.32. The minimum absolute atomic E-state index is 0.0546. The molecule has 0 spiro atoms. The smallest absolute Gasteiger partial charge is 0.151 e. The van der Waals surface area contributed by atoms with E-state index in [-0.39, 0.29) is 11.1 Å². The molecule has 1 aromatic carbocycles. The van der Waals surface area contributed by atoms with Gasteiger partial charge in [0.2, 0.25) is 0 Å². The van der Waals surface area contributed by atoms with Gasteiger partial charge in [-0.05, 0) is 76.3 Å². The maximum Gasteiger partial charge on any atom is 0.151 e. The van der Waals surface area contributed by atoms with Crippen LogP contribution in [0.5, 0.6) is 5.75 Å². The summed E-state index contributed by atoms with van der Waals surface area (Å²) < 4.78 is 5.61. The lowest BCUT2D eigenvalue weighted by molar-refractivity contribution is 0.160. The molecule has 2 aromatic heterocycles. The topological polar surface area (TPSA) is 87.0 Å². The van der Waals surface area contributed by atoms with Crippen LogP contribution in [0.1, 0.15) is 46.2 Å². The Hall–Kier alpha value is -3.24. The molecule has 3 aromatic rings. The van der Waals surface area contributed by atoms with Crippen molar-refractivity contribution in [3.8, 4) is 23.1 Å². The van der Waals surface area contributed by atoms with Gasteiger partial charge in [-0.2, -0.15) is 5.26 Å². The number of pyridine rings is 1. The van der Waals surface area contributed by atoms with Crippen molar-refractivity contribution < 1.29 is 4.74 Å². The van der Waals surface area contributed by atoms with Gasteiger partial charge < -0.3 is 15.0 Å². The summed E-state index contributed by atoms with van der Waals surface area (Å²) in [4.78, 5) is 6.41. The van der Waals surface area contributed by atoms with Gasteiger partial charge in [-0.15, -0.1) is 10.2 Å². The zero-order chi connectivity index (χ0) is 23.1. The van der Waals surface area contributed by atoms with Crippen molar-refractivity contribution in [2.24, 2.45) is 0 Å². The molecule has 7 nitrogen and oxygen atoms in total. The van der Waals surface area contributed by atoms with E-state index in [2.05, 4.69) is 66.2 Å². The summed E-state index contributed by atoms with van der Waals surface area (Å²) in [5.74, 6) is 1.52. The molecule has 0 radical (unpaired) electrons. The van der Waals surface area contributed by atoms with Crippen LogP contribution in [0.4, 0.5) is 5.82 Å². The molecule has 1 aliphatic rings. The summed E-state index contributed by atoms with van der Waals surface area (Å²) in [5, 5.41) is 23.9. The van der Waals surface area contributed by atoms with Gasteiger partial charge in [0.05, 0.1) is 12.8 Å². The molecule has 32 heavy (non-hydrogen) atoms. The Kier molecular flexibility index (Phi) is 5.51. The van der Waals surface area contributed by atoms with Gasteiger partial charge in [-0.1, -0.05) is 0 Å². The second kappa shape index (κ2) is 8.03. The number of benzene rings is 1. The molecule has 1 saturated heterocycles. The fraction of sp³-hybridized carbons (Fsp3) is 0.440. The zero-order valence-electron chi connectivity index (χ0n) is 19.6. The molecule has 1 N–H and O–H groups in total. The third-order valence-electron chi connectivity index (χ3n) is 6.19. The highest BCUT2D eigenvalue weighted by molar-refractivity contribution is 5.92. The van der Waals surface area contributed by atoms with Crippen LogP contribution < -0.4 is 15.0 Å². The number of anilines is 1. The second-order valence-corrected chi connectivity index (χ2v) is 9.89. The van der Waals surface area contributed by atoms with Crippen molar-refractivity contribution in [3.63, 3.8) is 0 Å². The van der Waals surface area contributed by atoms with Gasteiger partial charge in [0.1, 0.15) is 17.5 Å². The van der Waals surface area contributed by atoms with E-state index in [9.17, 15) is 5.26 Å². The van der Waals surface area contributed by atoms with Crippen molar-refractivity contribution in [3.05, 3.63) is 42.2 Å². The average molecular weight is 431 g/mol. The monoisotopic (exact) mass is 430 g/mol. The van der Waals surface area contributed by atoms with Crippen LogP contribution in [0.15, 0.2) is 36.5 Å². The Bertz CT molecular complexity index is 1160. The molecule has 0 bridgehead atoms. The largest absolute Gasteiger partial charge is 0.496 e. The van der Waals surface area contributed by atoms with Crippen LogP contribution in [0, 0.1) is 11.3 Å². The fourth-order valence-electron chi connectivity index (χ4n) is 5.04. The van der Waals surface area contributed by atoms with Gasteiger partial charge in [-0.3, -0.25) is 0 Å². The van der Waals surface area contributed by atoms with Gasteiger partial charge in [0.15, 0.2) is 5.82 Å². The normalized spacial score (nSPS) is 17.7.